The third-order valence-corrected chi connectivity index (χ3v) is 6.64. The van der Waals surface area contributed by atoms with Gasteiger partial charge in [-0.25, -0.2) is 8.42 Å². The molecule has 0 unspecified atom stereocenters. The molecule has 0 saturated carbocycles. The molecule has 0 aliphatic rings. The molecule has 5 nitrogen and oxygen atoms in total. The number of amides is 1. The average Bonchev–Trinajstić information content (AvgIpc) is 2.76. The standard InChI is InChI=1S/C25H27ClN2O3S/c1-4-23(28(32(3,30)31)22-12-8-11-21(26)17-22)25(29)27-24(19-9-6-5-7-10-19)20-15-13-18(2)14-16-20/h5-17,23-24H,4H2,1-3H3,(H,27,29)/t23-,24-/m0/s1. The highest BCUT2D eigenvalue weighted by Gasteiger charge is 2.33. The number of benzene rings is 3. The van der Waals surface area contributed by atoms with Crippen LogP contribution in [0.2, 0.25) is 5.02 Å². The molecule has 0 spiro atoms. The predicted octanol–water partition coefficient (Wildman–Crippen LogP) is 5.10. The van der Waals surface area contributed by atoms with Gasteiger partial charge in [0.15, 0.2) is 0 Å². The van der Waals surface area contributed by atoms with Crippen LogP contribution in [0.5, 0.6) is 0 Å². The first-order chi connectivity index (χ1) is 15.2. The quantitative estimate of drug-likeness (QED) is 0.498. The number of carbonyl (C=O) groups excluding carboxylic acids is 1. The van der Waals surface area contributed by atoms with E-state index in [-0.39, 0.29) is 5.91 Å². The first-order valence-electron chi connectivity index (χ1n) is 10.4. The number of hydrogen-bond donors (Lipinski definition) is 1. The Kier molecular flexibility index (Phi) is 7.59. The van der Waals surface area contributed by atoms with E-state index in [0.717, 1.165) is 27.3 Å². The summed E-state index contributed by atoms with van der Waals surface area (Å²) in [5.41, 5.74) is 3.29. The number of anilines is 1. The number of sulfonamides is 1. The van der Waals surface area contributed by atoms with Crippen LogP contribution < -0.4 is 9.62 Å². The highest BCUT2D eigenvalue weighted by molar-refractivity contribution is 7.92. The van der Waals surface area contributed by atoms with Gasteiger partial charge in [-0.1, -0.05) is 84.8 Å². The van der Waals surface area contributed by atoms with Crippen molar-refractivity contribution in [2.75, 3.05) is 10.6 Å². The zero-order valence-electron chi connectivity index (χ0n) is 18.3. The number of nitrogens with zero attached hydrogens (tertiary/aromatic N) is 1. The lowest BCUT2D eigenvalue weighted by Crippen LogP contribution is -2.50. The van der Waals surface area contributed by atoms with Gasteiger partial charge in [-0.05, 0) is 42.7 Å². The van der Waals surface area contributed by atoms with E-state index in [9.17, 15) is 13.2 Å². The molecule has 0 radical (unpaired) electrons. The second kappa shape index (κ2) is 10.2. The summed E-state index contributed by atoms with van der Waals surface area (Å²) in [6.45, 7) is 3.79. The minimum atomic E-state index is -3.75. The Balaban J connectivity index is 1.99. The molecule has 3 aromatic rings. The van der Waals surface area contributed by atoms with Crippen LogP contribution in [0.1, 0.15) is 36.1 Å². The minimum absolute atomic E-state index is 0.292. The van der Waals surface area contributed by atoms with Gasteiger partial charge in [-0.3, -0.25) is 9.10 Å². The van der Waals surface area contributed by atoms with Crippen LogP contribution in [0.15, 0.2) is 78.9 Å². The van der Waals surface area contributed by atoms with E-state index in [1.54, 1.807) is 31.2 Å². The molecule has 168 valence electrons. The highest BCUT2D eigenvalue weighted by Crippen LogP contribution is 2.27. The van der Waals surface area contributed by atoms with E-state index < -0.39 is 22.1 Å². The summed E-state index contributed by atoms with van der Waals surface area (Å²) in [5, 5.41) is 3.48. The molecule has 0 heterocycles. The smallest absolute Gasteiger partial charge is 0.244 e. The lowest BCUT2D eigenvalue weighted by molar-refractivity contribution is -0.122. The summed E-state index contributed by atoms with van der Waals surface area (Å²) in [6.07, 6.45) is 1.39. The molecule has 0 fully saturated rings. The second-order valence-corrected chi connectivity index (χ2v) is 10.0. The molecule has 3 aromatic carbocycles. The zero-order chi connectivity index (χ0) is 23.3. The van der Waals surface area contributed by atoms with Crippen molar-refractivity contribution in [3.63, 3.8) is 0 Å². The number of halogens is 1. The number of aryl methyl sites for hydroxylation is 1. The van der Waals surface area contributed by atoms with Gasteiger partial charge >= 0.3 is 0 Å². The molecule has 1 amide bonds. The Hall–Kier alpha value is -2.83. The van der Waals surface area contributed by atoms with E-state index in [4.69, 9.17) is 11.6 Å². The molecular weight excluding hydrogens is 444 g/mol. The summed E-state index contributed by atoms with van der Waals surface area (Å²) >= 11 is 6.10. The Morgan fingerprint density at radius 3 is 2.16 bits per heavy atom. The summed E-state index contributed by atoms with van der Waals surface area (Å²) < 4.78 is 26.6. The van der Waals surface area contributed by atoms with Crippen molar-refractivity contribution in [1.82, 2.24) is 5.32 Å². The molecule has 1 N–H and O–H groups in total. The van der Waals surface area contributed by atoms with Gasteiger partial charge in [0.25, 0.3) is 0 Å². The molecule has 7 heteroatoms. The van der Waals surface area contributed by atoms with Crippen molar-refractivity contribution in [2.24, 2.45) is 0 Å². The van der Waals surface area contributed by atoms with Crippen LogP contribution in [-0.4, -0.2) is 26.6 Å². The van der Waals surface area contributed by atoms with Crippen molar-refractivity contribution in [3.8, 4) is 0 Å². The molecule has 0 bridgehead atoms. The van der Waals surface area contributed by atoms with E-state index in [1.807, 2.05) is 61.5 Å². The van der Waals surface area contributed by atoms with Gasteiger partial charge in [0.2, 0.25) is 15.9 Å². The lowest BCUT2D eigenvalue weighted by atomic mass is 9.97. The van der Waals surface area contributed by atoms with Gasteiger partial charge in [0.1, 0.15) is 6.04 Å². The van der Waals surface area contributed by atoms with Crippen LogP contribution in [0.25, 0.3) is 0 Å². The van der Waals surface area contributed by atoms with Crippen LogP contribution in [0.4, 0.5) is 5.69 Å². The van der Waals surface area contributed by atoms with Gasteiger partial charge in [-0.15, -0.1) is 0 Å². The van der Waals surface area contributed by atoms with Crippen molar-refractivity contribution < 1.29 is 13.2 Å². The monoisotopic (exact) mass is 470 g/mol. The number of carbonyl (C=O) groups is 1. The van der Waals surface area contributed by atoms with Gasteiger partial charge in [0, 0.05) is 5.02 Å². The predicted molar refractivity (Wildman–Crippen MR) is 130 cm³/mol. The fraction of sp³-hybridized carbons (Fsp3) is 0.240. The maximum atomic E-state index is 13.5. The van der Waals surface area contributed by atoms with E-state index in [2.05, 4.69) is 5.32 Å². The molecule has 0 aliphatic carbocycles. The normalized spacial score (nSPS) is 13.2. The van der Waals surface area contributed by atoms with Crippen molar-refractivity contribution in [3.05, 3.63) is 101 Å². The largest absolute Gasteiger partial charge is 0.343 e. The van der Waals surface area contributed by atoms with Crippen molar-refractivity contribution in [1.29, 1.82) is 0 Å². The topological polar surface area (TPSA) is 66.5 Å². The fourth-order valence-corrected chi connectivity index (χ4v) is 5.06. The van der Waals surface area contributed by atoms with Crippen LogP contribution >= 0.6 is 11.6 Å². The third-order valence-electron chi connectivity index (χ3n) is 5.22. The molecule has 0 aliphatic heterocycles. The minimum Gasteiger partial charge on any atom is -0.343 e. The Bertz CT molecular complexity index is 1170. The van der Waals surface area contributed by atoms with E-state index >= 15 is 0 Å². The summed E-state index contributed by atoms with van der Waals surface area (Å²) in [7, 11) is -3.75. The molecule has 0 aromatic heterocycles. The summed E-state index contributed by atoms with van der Waals surface area (Å²) in [4.78, 5) is 13.5. The average molecular weight is 471 g/mol. The molecule has 32 heavy (non-hydrogen) atoms. The first-order valence-corrected chi connectivity index (χ1v) is 12.6. The van der Waals surface area contributed by atoms with E-state index in [1.165, 1.54) is 0 Å². The Morgan fingerprint density at radius 2 is 1.59 bits per heavy atom. The lowest BCUT2D eigenvalue weighted by Gasteiger charge is -2.32. The molecule has 0 saturated heterocycles. The van der Waals surface area contributed by atoms with Crippen LogP contribution in [0.3, 0.4) is 0 Å². The van der Waals surface area contributed by atoms with Crippen molar-refractivity contribution >= 4 is 33.2 Å². The number of rotatable bonds is 8. The van der Waals surface area contributed by atoms with Crippen LogP contribution in [-0.2, 0) is 14.8 Å². The highest BCUT2D eigenvalue weighted by atomic mass is 35.5. The van der Waals surface area contributed by atoms with Gasteiger partial charge in [-0.2, -0.15) is 0 Å². The summed E-state index contributed by atoms with van der Waals surface area (Å²) in [5.74, 6) is -0.382. The molecule has 2 atom stereocenters. The molecule has 3 rings (SSSR count). The fourth-order valence-electron chi connectivity index (χ4n) is 3.68. The van der Waals surface area contributed by atoms with Crippen molar-refractivity contribution in [2.45, 2.75) is 32.4 Å². The first kappa shape index (κ1) is 23.8. The van der Waals surface area contributed by atoms with Gasteiger partial charge < -0.3 is 5.32 Å². The van der Waals surface area contributed by atoms with Gasteiger partial charge in [0.05, 0.1) is 18.0 Å². The number of hydrogen-bond acceptors (Lipinski definition) is 3. The third kappa shape index (κ3) is 5.69. The Labute approximate surface area is 195 Å². The Morgan fingerprint density at radius 1 is 0.969 bits per heavy atom. The van der Waals surface area contributed by atoms with E-state index in [0.29, 0.717) is 17.1 Å². The molecular formula is C25H27ClN2O3S. The van der Waals surface area contributed by atoms with Crippen LogP contribution in [0, 0.1) is 6.92 Å². The second-order valence-electron chi connectivity index (χ2n) is 7.73. The maximum absolute atomic E-state index is 13.5. The summed E-state index contributed by atoms with van der Waals surface area (Å²) in [6, 6.07) is 22.7. The zero-order valence-corrected chi connectivity index (χ0v) is 19.9. The SMILES string of the molecule is CC[C@@H](C(=O)N[C@@H](c1ccccc1)c1ccc(C)cc1)N(c1cccc(Cl)c1)S(C)(=O)=O. The maximum Gasteiger partial charge on any atom is 0.244 e. The number of nitrogens with one attached hydrogen (secondary N) is 1.